The van der Waals surface area contributed by atoms with Gasteiger partial charge in [0.25, 0.3) is 5.91 Å². The molecule has 1 aliphatic heterocycles. The van der Waals surface area contributed by atoms with E-state index < -0.39 is 5.97 Å². The minimum atomic E-state index is -1.01. The fourth-order valence-corrected chi connectivity index (χ4v) is 4.45. The van der Waals surface area contributed by atoms with Crippen LogP contribution in [0.4, 0.5) is 17.1 Å². The van der Waals surface area contributed by atoms with Crippen LogP contribution in [0.5, 0.6) is 0 Å². The number of carbonyl (C=O) groups excluding carboxylic acids is 1. The normalized spacial score (nSPS) is 15.9. The Balaban J connectivity index is 1.53. The van der Waals surface area contributed by atoms with Gasteiger partial charge in [0, 0.05) is 42.6 Å². The lowest BCUT2D eigenvalue weighted by Gasteiger charge is -2.42. The zero-order valence-electron chi connectivity index (χ0n) is 19.2. The summed E-state index contributed by atoms with van der Waals surface area (Å²) < 4.78 is 0. The minimum Gasteiger partial charge on any atom is -0.478 e. The number of aryl methyl sites for hydroxylation is 2. The predicted octanol–water partition coefficient (Wildman–Crippen LogP) is 4.97. The predicted molar refractivity (Wildman–Crippen MR) is 133 cm³/mol. The van der Waals surface area contributed by atoms with E-state index in [9.17, 15) is 14.7 Å². The maximum absolute atomic E-state index is 12.7. The number of carboxylic acids is 1. The molecule has 1 amide bonds. The molecule has 6 heteroatoms. The topological polar surface area (TPSA) is 72.9 Å². The molecule has 0 aromatic heterocycles. The number of benzene rings is 3. The van der Waals surface area contributed by atoms with E-state index in [4.69, 9.17) is 0 Å². The number of nitrogens with zero attached hydrogens (tertiary/aromatic N) is 2. The number of carbonyl (C=O) groups is 2. The summed E-state index contributed by atoms with van der Waals surface area (Å²) in [6.45, 7) is 8.35. The molecule has 0 bridgehead atoms. The van der Waals surface area contributed by atoms with Crippen LogP contribution in [0.2, 0.25) is 0 Å². The first-order valence-corrected chi connectivity index (χ1v) is 11.2. The monoisotopic (exact) mass is 443 g/mol. The first-order valence-electron chi connectivity index (χ1n) is 11.2. The van der Waals surface area contributed by atoms with Crippen LogP contribution in [0.3, 0.4) is 0 Å². The highest BCUT2D eigenvalue weighted by Crippen LogP contribution is 2.29. The Hall–Kier alpha value is -3.80. The van der Waals surface area contributed by atoms with Gasteiger partial charge in [-0.25, -0.2) is 4.79 Å². The third kappa shape index (κ3) is 4.85. The molecule has 0 saturated carbocycles. The highest BCUT2D eigenvalue weighted by Gasteiger charge is 2.27. The summed E-state index contributed by atoms with van der Waals surface area (Å²) in [6.07, 6.45) is 0. The van der Waals surface area contributed by atoms with Gasteiger partial charge in [-0.15, -0.1) is 0 Å². The number of rotatable bonds is 5. The molecule has 1 unspecified atom stereocenters. The maximum atomic E-state index is 12.7. The molecule has 0 aliphatic carbocycles. The summed E-state index contributed by atoms with van der Waals surface area (Å²) in [4.78, 5) is 29.2. The Morgan fingerprint density at radius 1 is 0.939 bits per heavy atom. The lowest BCUT2D eigenvalue weighted by atomic mass is 10.1. The Morgan fingerprint density at radius 2 is 1.73 bits per heavy atom. The van der Waals surface area contributed by atoms with Gasteiger partial charge in [0.1, 0.15) is 0 Å². The van der Waals surface area contributed by atoms with Crippen LogP contribution < -0.4 is 15.1 Å². The van der Waals surface area contributed by atoms with E-state index in [1.54, 1.807) is 24.3 Å². The lowest BCUT2D eigenvalue weighted by Crippen LogP contribution is -2.52. The molecular weight excluding hydrogens is 414 g/mol. The van der Waals surface area contributed by atoms with E-state index in [1.807, 2.05) is 25.1 Å². The van der Waals surface area contributed by atoms with Gasteiger partial charge >= 0.3 is 5.97 Å². The van der Waals surface area contributed by atoms with Crippen LogP contribution in [0, 0.1) is 13.8 Å². The summed E-state index contributed by atoms with van der Waals surface area (Å²) in [7, 11) is 0. The summed E-state index contributed by atoms with van der Waals surface area (Å²) in [5, 5.41) is 12.7. The number of aromatic carboxylic acids is 1. The van der Waals surface area contributed by atoms with Crippen LogP contribution in [0.25, 0.3) is 0 Å². The number of nitrogens with one attached hydrogen (secondary N) is 1. The zero-order chi connectivity index (χ0) is 23.5. The number of amides is 1. The second-order valence-corrected chi connectivity index (χ2v) is 8.63. The van der Waals surface area contributed by atoms with Gasteiger partial charge in [-0.1, -0.05) is 30.3 Å². The van der Waals surface area contributed by atoms with Crippen molar-refractivity contribution < 1.29 is 14.7 Å². The van der Waals surface area contributed by atoms with Crippen molar-refractivity contribution in [3.05, 3.63) is 89.0 Å². The second-order valence-electron chi connectivity index (χ2n) is 8.63. The standard InChI is InChI=1S/C27H29N3O3/c1-18-7-6-9-22(15-18)30-14-13-29(17-20(30)3)25-12-11-21(16-24(25)27(32)33)28-26(31)23-10-5-4-8-19(23)2/h4-12,15-16,20H,13-14,17H2,1-3H3,(H,28,31)(H,32,33). The van der Waals surface area contributed by atoms with Gasteiger partial charge in [-0.2, -0.15) is 0 Å². The van der Waals surface area contributed by atoms with Gasteiger partial charge in [0.15, 0.2) is 0 Å². The number of anilines is 3. The maximum Gasteiger partial charge on any atom is 0.337 e. The summed E-state index contributed by atoms with van der Waals surface area (Å²) >= 11 is 0. The molecule has 6 nitrogen and oxygen atoms in total. The van der Waals surface area contributed by atoms with Gasteiger partial charge in [0.05, 0.1) is 11.3 Å². The Kier molecular flexibility index (Phi) is 6.36. The summed E-state index contributed by atoms with van der Waals surface area (Å²) in [5.41, 5.74) is 5.18. The fourth-order valence-electron chi connectivity index (χ4n) is 4.45. The van der Waals surface area contributed by atoms with Crippen molar-refractivity contribution in [3.63, 3.8) is 0 Å². The Labute approximate surface area is 194 Å². The molecule has 4 rings (SSSR count). The van der Waals surface area contributed by atoms with Crippen molar-refractivity contribution in [2.45, 2.75) is 26.8 Å². The van der Waals surface area contributed by atoms with Crippen molar-refractivity contribution in [1.82, 2.24) is 0 Å². The van der Waals surface area contributed by atoms with Crippen LogP contribution >= 0.6 is 0 Å². The van der Waals surface area contributed by atoms with E-state index >= 15 is 0 Å². The van der Waals surface area contributed by atoms with E-state index in [0.29, 0.717) is 30.0 Å². The minimum absolute atomic E-state index is 0.189. The number of carboxylic acid groups (broad SMARTS) is 1. The zero-order valence-corrected chi connectivity index (χ0v) is 19.2. The lowest BCUT2D eigenvalue weighted by molar-refractivity contribution is 0.0697. The van der Waals surface area contributed by atoms with Gasteiger partial charge in [-0.3, -0.25) is 4.79 Å². The van der Waals surface area contributed by atoms with E-state index in [1.165, 1.54) is 11.3 Å². The molecule has 1 heterocycles. The average molecular weight is 444 g/mol. The molecule has 2 N–H and O–H groups in total. The van der Waals surface area contributed by atoms with Crippen molar-refractivity contribution in [1.29, 1.82) is 0 Å². The van der Waals surface area contributed by atoms with Crippen molar-refractivity contribution >= 4 is 28.9 Å². The summed E-state index contributed by atoms with van der Waals surface area (Å²) in [5.74, 6) is -1.26. The highest BCUT2D eigenvalue weighted by atomic mass is 16.4. The third-order valence-electron chi connectivity index (χ3n) is 6.18. The van der Waals surface area contributed by atoms with Gasteiger partial charge in [0.2, 0.25) is 0 Å². The molecule has 0 radical (unpaired) electrons. The van der Waals surface area contributed by atoms with Gasteiger partial charge < -0.3 is 20.2 Å². The number of piperazine rings is 1. The number of hydrogen-bond donors (Lipinski definition) is 2. The van der Waals surface area contributed by atoms with Crippen LogP contribution in [0.15, 0.2) is 66.7 Å². The molecule has 3 aromatic carbocycles. The quantitative estimate of drug-likeness (QED) is 0.583. The largest absolute Gasteiger partial charge is 0.478 e. The van der Waals surface area contributed by atoms with Crippen LogP contribution in [-0.4, -0.2) is 42.7 Å². The van der Waals surface area contributed by atoms with Crippen molar-refractivity contribution in [2.24, 2.45) is 0 Å². The molecule has 1 aliphatic rings. The van der Waals surface area contributed by atoms with Crippen molar-refractivity contribution in [3.8, 4) is 0 Å². The molecule has 3 aromatic rings. The molecule has 0 spiro atoms. The van der Waals surface area contributed by atoms with E-state index in [-0.39, 0.29) is 17.5 Å². The Bertz CT molecular complexity index is 1190. The second kappa shape index (κ2) is 9.36. The van der Waals surface area contributed by atoms with Gasteiger partial charge in [-0.05, 0) is 68.3 Å². The smallest absolute Gasteiger partial charge is 0.337 e. The molecule has 1 atom stereocenters. The SMILES string of the molecule is Cc1cccc(N2CCN(c3ccc(NC(=O)c4ccccc4C)cc3C(=O)O)CC2C)c1. The summed E-state index contributed by atoms with van der Waals surface area (Å²) in [6, 6.07) is 21.1. The molecule has 170 valence electrons. The van der Waals surface area contributed by atoms with E-state index in [2.05, 4.69) is 53.2 Å². The highest BCUT2D eigenvalue weighted by molar-refractivity contribution is 6.06. The van der Waals surface area contributed by atoms with Crippen LogP contribution in [-0.2, 0) is 0 Å². The molecule has 1 saturated heterocycles. The fraction of sp³-hybridized carbons (Fsp3) is 0.259. The van der Waals surface area contributed by atoms with E-state index in [0.717, 1.165) is 12.1 Å². The number of hydrogen-bond acceptors (Lipinski definition) is 4. The van der Waals surface area contributed by atoms with Crippen molar-refractivity contribution in [2.75, 3.05) is 34.8 Å². The third-order valence-corrected chi connectivity index (χ3v) is 6.18. The first-order chi connectivity index (χ1) is 15.8. The molecule has 1 fully saturated rings. The first kappa shape index (κ1) is 22.4. The molecule has 33 heavy (non-hydrogen) atoms. The Morgan fingerprint density at radius 3 is 2.42 bits per heavy atom. The van der Waals surface area contributed by atoms with Crippen LogP contribution in [0.1, 0.15) is 38.8 Å². The average Bonchev–Trinajstić information content (AvgIpc) is 2.79. The molecular formula is C27H29N3O3.